The van der Waals surface area contributed by atoms with Crippen LogP contribution in [0.1, 0.15) is 0 Å². The summed E-state index contributed by atoms with van der Waals surface area (Å²) in [5, 5.41) is 6.91. The molecule has 0 saturated heterocycles. The fourth-order valence-electron chi connectivity index (χ4n) is 6.40. The second kappa shape index (κ2) is 8.15. The zero-order valence-corrected chi connectivity index (χ0v) is 22.9. The molecule has 0 N–H and O–H groups in total. The Labute approximate surface area is 234 Å². The minimum atomic E-state index is -0.203. The van der Waals surface area contributed by atoms with E-state index in [-0.39, 0.29) is 20.3 Å². The Balaban J connectivity index is 1.49. The van der Waals surface area contributed by atoms with E-state index in [1.807, 2.05) is 18.3 Å². The van der Waals surface area contributed by atoms with Gasteiger partial charge in [-0.25, -0.2) is 0 Å². The van der Waals surface area contributed by atoms with E-state index in [0.717, 1.165) is 33.3 Å². The summed E-state index contributed by atoms with van der Waals surface area (Å²) in [5.41, 5.74) is 5.69. The number of fused-ring (bicyclic) bond motifs is 9. The van der Waals surface area contributed by atoms with Crippen LogP contribution in [0.3, 0.4) is 0 Å². The Morgan fingerprint density at radius 1 is 0.550 bits per heavy atom. The quantitative estimate of drug-likeness (QED) is 0.188. The van der Waals surface area contributed by atoms with Crippen molar-refractivity contribution in [2.75, 3.05) is 0 Å². The summed E-state index contributed by atoms with van der Waals surface area (Å²) in [5.74, 6) is 0.722. The minimum absolute atomic E-state index is 0.0153. The van der Waals surface area contributed by atoms with Crippen molar-refractivity contribution in [1.82, 2.24) is 14.1 Å². The fraction of sp³-hybridized carbons (Fsp3) is 0. The van der Waals surface area contributed by atoms with Crippen molar-refractivity contribution >= 4 is 77.4 Å². The molecular formula is C35H20FN3Se. The molecule has 0 fully saturated rings. The van der Waals surface area contributed by atoms with Crippen molar-refractivity contribution in [3.05, 3.63) is 127 Å². The second-order valence-electron chi connectivity index (χ2n) is 10.1. The number of halogens is 1. The first kappa shape index (κ1) is 22.2. The van der Waals surface area contributed by atoms with Crippen LogP contribution in [0.4, 0.5) is 4.39 Å². The van der Waals surface area contributed by atoms with Crippen molar-refractivity contribution < 1.29 is 4.39 Å². The molecule has 0 amide bonds. The van der Waals surface area contributed by atoms with E-state index in [0.29, 0.717) is 0 Å². The van der Waals surface area contributed by atoms with Crippen LogP contribution in [0.5, 0.6) is 0 Å². The molecule has 0 atom stereocenters. The molecule has 0 saturated carbocycles. The van der Waals surface area contributed by atoms with Crippen molar-refractivity contribution in [1.29, 1.82) is 0 Å². The molecule has 0 aliphatic rings. The van der Waals surface area contributed by atoms with E-state index in [9.17, 15) is 4.39 Å². The molecule has 0 bridgehead atoms. The normalized spacial score (nSPS) is 12.1. The van der Waals surface area contributed by atoms with E-state index < -0.39 is 0 Å². The molecule has 188 valence electrons. The Morgan fingerprint density at radius 3 is 1.90 bits per heavy atom. The molecule has 9 rings (SSSR count). The molecule has 4 aromatic heterocycles. The Bertz CT molecular complexity index is 2410. The first-order valence-electron chi connectivity index (χ1n) is 13.3. The first-order chi connectivity index (χ1) is 19.8. The summed E-state index contributed by atoms with van der Waals surface area (Å²) in [6.45, 7) is 0. The molecule has 0 radical (unpaired) electrons. The summed E-state index contributed by atoms with van der Waals surface area (Å²) in [4.78, 5) is 5.02. The second-order valence-corrected chi connectivity index (χ2v) is 12.4. The SMILES string of the molecule is Fc1ccc2[se]c3c(-n4c5ccccc5c5cccc(-n6c7ccccc7c7ccccc76)c54)nccc3c2c1. The number of rotatable bonds is 2. The number of hydrogen-bond acceptors (Lipinski definition) is 1. The average molecular weight is 581 g/mol. The molecule has 40 heavy (non-hydrogen) atoms. The van der Waals surface area contributed by atoms with Crippen molar-refractivity contribution in [3.8, 4) is 11.5 Å². The maximum atomic E-state index is 14.3. The Hall–Kier alpha value is -4.70. The summed E-state index contributed by atoms with van der Waals surface area (Å²) in [6.07, 6.45) is 1.87. The van der Waals surface area contributed by atoms with E-state index >= 15 is 0 Å². The van der Waals surface area contributed by atoms with Crippen LogP contribution < -0.4 is 0 Å². The molecule has 0 aliphatic heterocycles. The van der Waals surface area contributed by atoms with Gasteiger partial charge in [0.2, 0.25) is 0 Å². The third-order valence-corrected chi connectivity index (χ3v) is 10.5. The summed E-state index contributed by atoms with van der Waals surface area (Å²) >= 11 is 0.0153. The van der Waals surface area contributed by atoms with Gasteiger partial charge in [-0.05, 0) is 0 Å². The standard InChI is InChI=1S/C35H20FN3Se/c36-21-16-17-32-27(20-21)26-18-19-37-35(34(26)40-32)39-30-14-6-3-10-24(30)25-11-7-15-31(33(25)39)38-28-12-4-1-8-22(28)23-9-2-5-13-29(23)38/h1-20H. The van der Waals surface area contributed by atoms with Gasteiger partial charge in [-0.2, -0.15) is 0 Å². The molecule has 0 spiro atoms. The average Bonchev–Trinajstić information content (AvgIpc) is 3.65. The van der Waals surface area contributed by atoms with Crippen LogP contribution in [0.15, 0.2) is 121 Å². The zero-order chi connectivity index (χ0) is 26.4. The van der Waals surface area contributed by atoms with Crippen LogP contribution in [-0.2, 0) is 0 Å². The number of pyridine rings is 1. The summed E-state index contributed by atoms with van der Waals surface area (Å²) in [6, 6.07) is 39.6. The van der Waals surface area contributed by atoms with E-state index in [2.05, 4.69) is 100 Å². The summed E-state index contributed by atoms with van der Waals surface area (Å²) < 4.78 is 21.4. The fourth-order valence-corrected chi connectivity index (χ4v) is 8.83. The van der Waals surface area contributed by atoms with Gasteiger partial charge in [0.1, 0.15) is 0 Å². The number of aromatic nitrogens is 3. The predicted octanol–water partition coefficient (Wildman–Crippen LogP) is 8.78. The molecule has 5 heteroatoms. The van der Waals surface area contributed by atoms with Crippen molar-refractivity contribution in [2.45, 2.75) is 0 Å². The van der Waals surface area contributed by atoms with Gasteiger partial charge < -0.3 is 0 Å². The Kier molecular flexibility index (Phi) is 4.51. The van der Waals surface area contributed by atoms with E-state index in [1.54, 1.807) is 12.1 Å². The molecule has 5 aromatic carbocycles. The predicted molar refractivity (Wildman–Crippen MR) is 165 cm³/mol. The van der Waals surface area contributed by atoms with Gasteiger partial charge in [0.25, 0.3) is 0 Å². The molecule has 0 unspecified atom stereocenters. The molecule has 0 aliphatic carbocycles. The van der Waals surface area contributed by atoms with Gasteiger partial charge >= 0.3 is 235 Å². The van der Waals surface area contributed by atoms with Gasteiger partial charge in [-0.1, -0.05) is 0 Å². The van der Waals surface area contributed by atoms with Gasteiger partial charge in [-0.15, -0.1) is 0 Å². The number of benzene rings is 5. The summed E-state index contributed by atoms with van der Waals surface area (Å²) in [7, 11) is 0. The molecule has 9 aromatic rings. The van der Waals surface area contributed by atoms with Gasteiger partial charge in [0.15, 0.2) is 0 Å². The number of para-hydroxylation sites is 4. The monoisotopic (exact) mass is 581 g/mol. The molecular weight excluding hydrogens is 560 g/mol. The maximum absolute atomic E-state index is 14.3. The molecule has 3 nitrogen and oxygen atoms in total. The van der Waals surface area contributed by atoms with Gasteiger partial charge in [0, 0.05) is 0 Å². The number of hydrogen-bond donors (Lipinski definition) is 0. The molecule has 4 heterocycles. The van der Waals surface area contributed by atoms with E-state index in [1.165, 1.54) is 41.1 Å². The zero-order valence-electron chi connectivity index (χ0n) is 21.2. The third kappa shape index (κ3) is 2.91. The third-order valence-electron chi connectivity index (χ3n) is 8.04. The topological polar surface area (TPSA) is 22.8 Å². The first-order valence-corrected chi connectivity index (χ1v) is 15.0. The van der Waals surface area contributed by atoms with Crippen LogP contribution in [0, 0.1) is 5.82 Å². The van der Waals surface area contributed by atoms with Crippen LogP contribution in [-0.4, -0.2) is 28.6 Å². The van der Waals surface area contributed by atoms with Crippen molar-refractivity contribution in [2.24, 2.45) is 0 Å². The van der Waals surface area contributed by atoms with Crippen LogP contribution >= 0.6 is 0 Å². The van der Waals surface area contributed by atoms with Crippen LogP contribution in [0.2, 0.25) is 0 Å². The Morgan fingerprint density at radius 2 is 1.18 bits per heavy atom. The number of nitrogens with zero attached hydrogens (tertiary/aromatic N) is 3. The van der Waals surface area contributed by atoms with Crippen molar-refractivity contribution in [3.63, 3.8) is 0 Å². The van der Waals surface area contributed by atoms with Gasteiger partial charge in [-0.3, -0.25) is 0 Å². The van der Waals surface area contributed by atoms with Gasteiger partial charge in [0.05, 0.1) is 0 Å². The van der Waals surface area contributed by atoms with Crippen LogP contribution in [0.25, 0.3) is 74.4 Å². The van der Waals surface area contributed by atoms with E-state index in [4.69, 9.17) is 4.98 Å².